The Morgan fingerprint density at radius 2 is 1.88 bits per heavy atom. The average Bonchev–Trinajstić information content (AvgIpc) is 3.09. The molecule has 2 fully saturated rings. The number of hydrogen-bond donors (Lipinski definition) is 1. The summed E-state index contributed by atoms with van der Waals surface area (Å²) < 4.78 is 6.05. The quantitative estimate of drug-likeness (QED) is 0.926. The lowest BCUT2D eigenvalue weighted by molar-refractivity contribution is -0.0502. The zero-order valence-corrected chi connectivity index (χ0v) is 14.5. The van der Waals surface area contributed by atoms with Gasteiger partial charge in [-0.2, -0.15) is 5.26 Å². The molecule has 0 spiro atoms. The molecule has 0 radical (unpaired) electrons. The summed E-state index contributed by atoms with van der Waals surface area (Å²) >= 11 is 0. The number of rotatable bonds is 3. The first kappa shape index (κ1) is 16.8. The minimum absolute atomic E-state index is 0.0809. The SMILES string of the molecule is N#Cc1ccccc1C(=O)N[C@@H]1C[C@H]2CO[C@@H](c3ccccc3)CN2C1. The summed E-state index contributed by atoms with van der Waals surface area (Å²) in [4.78, 5) is 15.0. The molecule has 2 aromatic rings. The van der Waals surface area contributed by atoms with E-state index < -0.39 is 0 Å². The first-order chi connectivity index (χ1) is 12.7. The van der Waals surface area contributed by atoms with Gasteiger partial charge < -0.3 is 10.1 Å². The fourth-order valence-electron chi connectivity index (χ4n) is 3.89. The summed E-state index contributed by atoms with van der Waals surface area (Å²) in [5.74, 6) is -0.174. The fourth-order valence-corrected chi connectivity index (χ4v) is 3.89. The molecule has 0 bridgehead atoms. The van der Waals surface area contributed by atoms with Gasteiger partial charge in [0.15, 0.2) is 0 Å². The smallest absolute Gasteiger partial charge is 0.252 e. The van der Waals surface area contributed by atoms with Gasteiger partial charge in [-0.05, 0) is 24.1 Å². The number of nitriles is 1. The van der Waals surface area contributed by atoms with Crippen molar-refractivity contribution in [2.45, 2.75) is 24.6 Å². The maximum Gasteiger partial charge on any atom is 0.252 e. The van der Waals surface area contributed by atoms with Gasteiger partial charge in [-0.1, -0.05) is 42.5 Å². The molecule has 2 aliphatic heterocycles. The Morgan fingerprint density at radius 1 is 1.12 bits per heavy atom. The number of nitrogens with zero attached hydrogens (tertiary/aromatic N) is 2. The number of nitrogens with one attached hydrogen (secondary N) is 1. The zero-order valence-electron chi connectivity index (χ0n) is 14.5. The summed E-state index contributed by atoms with van der Waals surface area (Å²) in [7, 11) is 0. The van der Waals surface area contributed by atoms with Crippen molar-refractivity contribution < 1.29 is 9.53 Å². The highest BCUT2D eigenvalue weighted by atomic mass is 16.5. The number of carbonyl (C=O) groups excluding carboxylic acids is 1. The Labute approximate surface area is 153 Å². The number of fused-ring (bicyclic) bond motifs is 1. The largest absolute Gasteiger partial charge is 0.371 e. The maximum atomic E-state index is 12.6. The Bertz CT molecular complexity index is 831. The summed E-state index contributed by atoms with van der Waals surface area (Å²) in [5, 5.41) is 12.3. The molecule has 26 heavy (non-hydrogen) atoms. The molecule has 2 heterocycles. The molecule has 132 valence electrons. The summed E-state index contributed by atoms with van der Waals surface area (Å²) in [6.07, 6.45) is 0.961. The van der Waals surface area contributed by atoms with Crippen LogP contribution in [0.4, 0.5) is 0 Å². The molecular weight excluding hydrogens is 326 g/mol. The van der Waals surface area contributed by atoms with Gasteiger partial charge in [0.25, 0.3) is 5.91 Å². The van der Waals surface area contributed by atoms with E-state index in [4.69, 9.17) is 4.74 Å². The predicted molar refractivity (Wildman–Crippen MR) is 97.5 cm³/mol. The standard InChI is InChI=1S/C21H21N3O2/c22-11-16-8-4-5-9-19(16)21(25)23-17-10-18-14-26-20(13-24(18)12-17)15-6-2-1-3-7-15/h1-9,17-18,20H,10,12-14H2,(H,23,25)/t17-,18+,20-/m1/s1. The summed E-state index contributed by atoms with van der Waals surface area (Å²) in [5.41, 5.74) is 2.05. The molecule has 2 aliphatic rings. The van der Waals surface area contributed by atoms with E-state index in [0.717, 1.165) is 19.5 Å². The lowest BCUT2D eigenvalue weighted by atomic mass is 10.1. The van der Waals surface area contributed by atoms with Crippen LogP contribution in [0.3, 0.4) is 0 Å². The second-order valence-corrected chi connectivity index (χ2v) is 6.90. The van der Waals surface area contributed by atoms with Crippen molar-refractivity contribution in [1.82, 2.24) is 10.2 Å². The molecule has 0 aliphatic carbocycles. The van der Waals surface area contributed by atoms with Gasteiger partial charge in [-0.25, -0.2) is 0 Å². The fraction of sp³-hybridized carbons (Fsp3) is 0.333. The molecular formula is C21H21N3O2. The zero-order chi connectivity index (χ0) is 17.9. The highest BCUT2D eigenvalue weighted by Gasteiger charge is 2.38. The Balaban J connectivity index is 1.40. The molecule has 0 aromatic heterocycles. The van der Waals surface area contributed by atoms with Crippen LogP contribution in [0, 0.1) is 11.3 Å². The van der Waals surface area contributed by atoms with Crippen molar-refractivity contribution in [2.75, 3.05) is 19.7 Å². The van der Waals surface area contributed by atoms with Crippen molar-refractivity contribution in [3.8, 4) is 6.07 Å². The average molecular weight is 347 g/mol. The Kier molecular flexibility index (Phi) is 4.70. The van der Waals surface area contributed by atoms with Crippen molar-refractivity contribution >= 4 is 5.91 Å². The second-order valence-electron chi connectivity index (χ2n) is 6.90. The van der Waals surface area contributed by atoms with Crippen LogP contribution in [-0.2, 0) is 4.74 Å². The number of ether oxygens (including phenoxy) is 1. The highest BCUT2D eigenvalue weighted by molar-refractivity contribution is 5.96. The first-order valence-electron chi connectivity index (χ1n) is 8.95. The van der Waals surface area contributed by atoms with Crippen molar-refractivity contribution in [2.24, 2.45) is 0 Å². The van der Waals surface area contributed by atoms with Crippen LogP contribution in [-0.4, -0.2) is 42.6 Å². The van der Waals surface area contributed by atoms with Crippen LogP contribution in [0.25, 0.3) is 0 Å². The third-order valence-electron chi connectivity index (χ3n) is 5.22. The van der Waals surface area contributed by atoms with Crippen molar-refractivity contribution in [1.29, 1.82) is 5.26 Å². The minimum Gasteiger partial charge on any atom is -0.371 e. The highest BCUT2D eigenvalue weighted by Crippen LogP contribution is 2.30. The monoisotopic (exact) mass is 347 g/mol. The van der Waals surface area contributed by atoms with E-state index in [1.165, 1.54) is 5.56 Å². The third-order valence-corrected chi connectivity index (χ3v) is 5.22. The molecule has 5 heteroatoms. The molecule has 1 N–H and O–H groups in total. The van der Waals surface area contributed by atoms with E-state index in [-0.39, 0.29) is 18.1 Å². The molecule has 2 aromatic carbocycles. The molecule has 0 unspecified atom stereocenters. The molecule has 0 saturated carbocycles. The minimum atomic E-state index is -0.174. The van der Waals surface area contributed by atoms with Crippen molar-refractivity contribution in [3.63, 3.8) is 0 Å². The second kappa shape index (κ2) is 7.28. The van der Waals surface area contributed by atoms with E-state index >= 15 is 0 Å². The van der Waals surface area contributed by atoms with Crippen LogP contribution in [0.15, 0.2) is 54.6 Å². The molecule has 5 nitrogen and oxygen atoms in total. The third kappa shape index (κ3) is 3.34. The Hall–Kier alpha value is -2.68. The van der Waals surface area contributed by atoms with Crippen LogP contribution in [0.2, 0.25) is 0 Å². The van der Waals surface area contributed by atoms with E-state index in [2.05, 4.69) is 28.4 Å². The predicted octanol–water partition coefficient (Wildman–Crippen LogP) is 2.50. The normalized spacial score (nSPS) is 25.3. The van der Waals surface area contributed by atoms with Crippen LogP contribution in [0.1, 0.15) is 34.0 Å². The van der Waals surface area contributed by atoms with Gasteiger partial charge in [0, 0.05) is 25.2 Å². The van der Waals surface area contributed by atoms with Gasteiger partial charge in [0.1, 0.15) is 0 Å². The van der Waals surface area contributed by atoms with Gasteiger partial charge in [0.2, 0.25) is 0 Å². The van der Waals surface area contributed by atoms with Gasteiger partial charge in [-0.3, -0.25) is 9.69 Å². The van der Waals surface area contributed by atoms with Crippen LogP contribution >= 0.6 is 0 Å². The summed E-state index contributed by atoms with van der Waals surface area (Å²) in [6.45, 7) is 2.34. The number of carbonyl (C=O) groups is 1. The van der Waals surface area contributed by atoms with E-state index in [1.54, 1.807) is 24.3 Å². The molecule has 4 rings (SSSR count). The number of hydrogen-bond acceptors (Lipinski definition) is 4. The van der Waals surface area contributed by atoms with Crippen molar-refractivity contribution in [3.05, 3.63) is 71.3 Å². The number of morpholine rings is 1. The lowest BCUT2D eigenvalue weighted by Crippen LogP contribution is -2.43. The molecule has 2 saturated heterocycles. The van der Waals surface area contributed by atoms with E-state index in [0.29, 0.717) is 23.8 Å². The van der Waals surface area contributed by atoms with Gasteiger partial charge in [-0.15, -0.1) is 0 Å². The van der Waals surface area contributed by atoms with E-state index in [9.17, 15) is 10.1 Å². The van der Waals surface area contributed by atoms with Gasteiger partial charge in [0.05, 0.1) is 29.9 Å². The molecule has 1 amide bonds. The Morgan fingerprint density at radius 3 is 2.69 bits per heavy atom. The topological polar surface area (TPSA) is 65.4 Å². The number of amides is 1. The van der Waals surface area contributed by atoms with E-state index in [1.807, 2.05) is 18.2 Å². The molecule has 3 atom stereocenters. The first-order valence-corrected chi connectivity index (χ1v) is 8.95. The maximum absolute atomic E-state index is 12.6. The lowest BCUT2D eigenvalue weighted by Gasteiger charge is -2.35. The van der Waals surface area contributed by atoms with Crippen LogP contribution < -0.4 is 5.32 Å². The number of benzene rings is 2. The van der Waals surface area contributed by atoms with Gasteiger partial charge >= 0.3 is 0 Å². The summed E-state index contributed by atoms with van der Waals surface area (Å²) in [6, 6.07) is 19.7. The van der Waals surface area contributed by atoms with Crippen LogP contribution in [0.5, 0.6) is 0 Å².